The van der Waals surface area contributed by atoms with Gasteiger partial charge in [-0.1, -0.05) is 26.7 Å². The molecule has 0 aliphatic rings. The summed E-state index contributed by atoms with van der Waals surface area (Å²) in [6, 6.07) is 0. The van der Waals surface area contributed by atoms with Gasteiger partial charge in [-0.2, -0.15) is 0 Å². The summed E-state index contributed by atoms with van der Waals surface area (Å²) in [6.07, 6.45) is 10.0. The number of aromatic nitrogens is 1. The molecule has 0 fully saturated rings. The molecule has 2 heteroatoms. The molecular weight excluding hydrogens is 177 g/mol. The fourth-order valence-electron chi connectivity index (χ4n) is 1.36. The Kier molecular flexibility index (Phi) is 5.15. The summed E-state index contributed by atoms with van der Waals surface area (Å²) in [5.41, 5.74) is 1.51. The number of aryl methyl sites for hydroxylation is 2. The predicted octanol–water partition coefficient (Wildman–Crippen LogP) is 4.28. The highest BCUT2D eigenvalue weighted by Gasteiger charge is 1.98. The molecule has 0 spiro atoms. The quantitative estimate of drug-likeness (QED) is 0.700. The van der Waals surface area contributed by atoms with E-state index in [4.69, 9.17) is 0 Å². The van der Waals surface area contributed by atoms with Gasteiger partial charge < -0.3 is 4.98 Å². The first-order valence-electron chi connectivity index (χ1n) is 5.40. The number of hydrogen-bond acceptors (Lipinski definition) is 0. The van der Waals surface area contributed by atoms with E-state index < -0.39 is 0 Å². The largest absolute Gasteiger partial charge is 0.361 e. The van der Waals surface area contributed by atoms with Gasteiger partial charge in [-0.25, -0.2) is 0 Å². The Morgan fingerprint density at radius 2 is 1.85 bits per heavy atom. The van der Waals surface area contributed by atoms with Crippen molar-refractivity contribution in [2.75, 3.05) is 0 Å². The highest BCUT2D eigenvalue weighted by molar-refractivity contribution is 7.31. The Balaban J connectivity index is 2.34. The van der Waals surface area contributed by atoms with Crippen molar-refractivity contribution >= 4 is 8.19 Å². The van der Waals surface area contributed by atoms with E-state index in [1.165, 1.54) is 52.1 Å². The molecule has 0 aliphatic heterocycles. The number of unbranched alkanes of at least 4 members (excludes halogenated alkanes) is 2. The van der Waals surface area contributed by atoms with E-state index in [1.807, 2.05) is 0 Å². The van der Waals surface area contributed by atoms with Gasteiger partial charge in [0, 0.05) is 11.6 Å². The minimum atomic E-state index is 1.25. The summed E-state index contributed by atoms with van der Waals surface area (Å²) in [4.78, 5) is 3.39. The fraction of sp³-hybridized carbons (Fsp3) is 0.727. The van der Waals surface area contributed by atoms with Crippen molar-refractivity contribution in [3.05, 3.63) is 16.9 Å². The molecule has 0 saturated heterocycles. The average Bonchev–Trinajstić information content (AvgIpc) is 2.59. The molecule has 0 aromatic carbocycles. The second kappa shape index (κ2) is 6.21. The zero-order valence-electron chi connectivity index (χ0n) is 8.77. The van der Waals surface area contributed by atoms with Crippen molar-refractivity contribution in [2.45, 2.75) is 52.4 Å². The van der Waals surface area contributed by atoms with Gasteiger partial charge in [0.1, 0.15) is 0 Å². The van der Waals surface area contributed by atoms with Gasteiger partial charge in [0.2, 0.25) is 0 Å². The summed E-state index contributed by atoms with van der Waals surface area (Å²) < 4.78 is 0. The van der Waals surface area contributed by atoms with E-state index in [0.29, 0.717) is 0 Å². The van der Waals surface area contributed by atoms with E-state index in [2.05, 4.69) is 25.0 Å². The molecule has 1 aromatic heterocycles. The third-order valence-electron chi connectivity index (χ3n) is 2.24. The Morgan fingerprint density at radius 1 is 1.15 bits per heavy atom. The fourth-order valence-corrected chi connectivity index (χ4v) is 2.51. The first-order valence-corrected chi connectivity index (χ1v) is 6.29. The van der Waals surface area contributed by atoms with Crippen LogP contribution in [0.5, 0.6) is 0 Å². The summed E-state index contributed by atoms with van der Waals surface area (Å²) in [6.45, 7) is 4.50. The molecule has 0 saturated carbocycles. The lowest BCUT2D eigenvalue weighted by atomic mass is 10.2. The van der Waals surface area contributed by atoms with Crippen LogP contribution in [0, 0.1) is 0 Å². The molecule has 1 rings (SSSR count). The van der Waals surface area contributed by atoms with Gasteiger partial charge in [0.15, 0.2) is 0 Å². The first kappa shape index (κ1) is 10.8. The zero-order valence-corrected chi connectivity index (χ0v) is 9.66. The minimum absolute atomic E-state index is 1.25. The van der Waals surface area contributed by atoms with Gasteiger partial charge in [-0.05, 0) is 39.2 Å². The van der Waals surface area contributed by atoms with Crippen molar-refractivity contribution in [3.63, 3.8) is 0 Å². The van der Waals surface area contributed by atoms with Crippen molar-refractivity contribution in [1.29, 1.82) is 0 Å². The van der Waals surface area contributed by atoms with Crippen LogP contribution in [0.2, 0.25) is 0 Å². The second-order valence-corrected chi connectivity index (χ2v) is 4.88. The molecule has 0 amide bonds. The summed E-state index contributed by atoms with van der Waals surface area (Å²) in [5.74, 6) is 0. The Bertz CT molecular complexity index is 207. The number of hydrogen-bond donors (Lipinski definition) is 1. The molecule has 1 N–H and O–H groups in total. The van der Waals surface area contributed by atoms with Gasteiger partial charge in [0.25, 0.3) is 0 Å². The second-order valence-electron chi connectivity index (χ2n) is 3.55. The summed E-state index contributed by atoms with van der Waals surface area (Å²) in [5, 5.41) is 1.58. The van der Waals surface area contributed by atoms with Crippen molar-refractivity contribution in [3.8, 4) is 0 Å². The predicted molar refractivity (Wildman–Crippen MR) is 60.5 cm³/mol. The molecule has 1 nitrogen and oxygen atoms in total. The highest BCUT2D eigenvalue weighted by Crippen LogP contribution is 2.22. The normalized spacial score (nSPS) is 11.2. The van der Waals surface area contributed by atoms with Crippen LogP contribution >= 0.6 is 8.19 Å². The van der Waals surface area contributed by atoms with Crippen molar-refractivity contribution in [2.24, 2.45) is 0 Å². The standard InChI is InChI=1S/C11H20NP/c1-3-5-7-10-9-12-11(13-10)8-6-4-2/h9,12H,3-8H2,1-2H3. The molecule has 0 aliphatic carbocycles. The Hall–Kier alpha value is -0.290. The molecule has 1 aromatic rings. The minimum Gasteiger partial charge on any atom is -0.361 e. The Morgan fingerprint density at radius 3 is 2.54 bits per heavy atom. The van der Waals surface area contributed by atoms with Crippen LogP contribution in [0.4, 0.5) is 0 Å². The van der Waals surface area contributed by atoms with Gasteiger partial charge in [0.05, 0.1) is 0 Å². The number of H-pyrrole nitrogens is 1. The van der Waals surface area contributed by atoms with Crippen LogP contribution in [-0.2, 0) is 12.8 Å². The smallest absolute Gasteiger partial charge is 0.0427 e. The summed E-state index contributed by atoms with van der Waals surface area (Å²) >= 11 is 0. The maximum Gasteiger partial charge on any atom is 0.0427 e. The number of aromatic amines is 1. The molecule has 0 bridgehead atoms. The topological polar surface area (TPSA) is 15.8 Å². The highest BCUT2D eigenvalue weighted by atomic mass is 31.0. The SMILES string of the molecule is CCCCc1c[nH]c(CCCC)p1. The Labute approximate surface area is 83.1 Å². The molecule has 0 radical (unpaired) electrons. The van der Waals surface area contributed by atoms with Crippen LogP contribution in [0.15, 0.2) is 6.20 Å². The average molecular weight is 197 g/mol. The van der Waals surface area contributed by atoms with Crippen LogP contribution in [-0.4, -0.2) is 4.98 Å². The third kappa shape index (κ3) is 3.95. The lowest BCUT2D eigenvalue weighted by Gasteiger charge is -1.93. The monoisotopic (exact) mass is 197 g/mol. The molecule has 0 atom stereocenters. The molecule has 0 unspecified atom stereocenters. The van der Waals surface area contributed by atoms with E-state index in [0.717, 1.165) is 0 Å². The van der Waals surface area contributed by atoms with Gasteiger partial charge in [-0.3, -0.25) is 0 Å². The van der Waals surface area contributed by atoms with Crippen LogP contribution in [0.25, 0.3) is 0 Å². The number of rotatable bonds is 6. The van der Waals surface area contributed by atoms with Gasteiger partial charge >= 0.3 is 0 Å². The zero-order chi connectivity index (χ0) is 9.52. The van der Waals surface area contributed by atoms with E-state index in [9.17, 15) is 0 Å². The van der Waals surface area contributed by atoms with Gasteiger partial charge in [-0.15, -0.1) is 0 Å². The molecule has 74 valence electrons. The molecule has 13 heavy (non-hydrogen) atoms. The van der Waals surface area contributed by atoms with Crippen LogP contribution in [0.1, 0.15) is 50.3 Å². The molecular formula is C11H20NP. The maximum atomic E-state index is 3.39. The van der Waals surface area contributed by atoms with Crippen molar-refractivity contribution in [1.82, 2.24) is 4.98 Å². The maximum absolute atomic E-state index is 3.39. The number of nitrogens with one attached hydrogen (secondary N) is 1. The lowest BCUT2D eigenvalue weighted by Crippen LogP contribution is -1.79. The van der Waals surface area contributed by atoms with Crippen molar-refractivity contribution < 1.29 is 0 Å². The molecule has 1 heterocycles. The van der Waals surface area contributed by atoms with E-state index >= 15 is 0 Å². The first-order chi connectivity index (χ1) is 6.36. The summed E-state index contributed by atoms with van der Waals surface area (Å²) in [7, 11) is 1.47. The van der Waals surface area contributed by atoms with Crippen LogP contribution in [0.3, 0.4) is 0 Å². The van der Waals surface area contributed by atoms with Crippen LogP contribution < -0.4 is 0 Å². The third-order valence-corrected chi connectivity index (χ3v) is 3.50. The lowest BCUT2D eigenvalue weighted by molar-refractivity contribution is 0.789. The van der Waals surface area contributed by atoms with E-state index in [1.54, 1.807) is 5.30 Å². The van der Waals surface area contributed by atoms with E-state index in [-0.39, 0.29) is 0 Å².